The second kappa shape index (κ2) is 10.0. The van der Waals surface area contributed by atoms with E-state index in [4.69, 9.17) is 15.2 Å². The highest BCUT2D eigenvalue weighted by atomic mass is 32.1. The zero-order chi connectivity index (χ0) is 25.3. The number of hydrogen-bond donors (Lipinski definition) is 1. The summed E-state index contributed by atoms with van der Waals surface area (Å²) in [4.78, 5) is 26.8. The van der Waals surface area contributed by atoms with Crippen molar-refractivity contribution in [2.24, 2.45) is 11.1 Å². The van der Waals surface area contributed by atoms with Crippen LogP contribution in [0, 0.1) is 12.3 Å². The number of esters is 1. The van der Waals surface area contributed by atoms with E-state index < -0.39 is 17.6 Å². The first-order valence-electron chi connectivity index (χ1n) is 11.9. The Bertz CT molecular complexity index is 1090. The number of ether oxygens (including phenoxy) is 2. The number of hydrogen-bond acceptors (Lipinski definition) is 5. The summed E-state index contributed by atoms with van der Waals surface area (Å²) in [6.45, 7) is 14.6. The van der Waals surface area contributed by atoms with E-state index in [1.807, 2.05) is 46.8 Å². The molecule has 0 spiro atoms. The molecule has 0 saturated carbocycles. The highest BCUT2D eigenvalue weighted by Gasteiger charge is 2.36. The molecule has 1 unspecified atom stereocenters. The molecule has 1 atom stereocenters. The number of nitrogens with two attached hydrogens (primary N) is 1. The van der Waals surface area contributed by atoms with Gasteiger partial charge in [-0.1, -0.05) is 32.1 Å². The maximum Gasteiger partial charge on any atom is 0.340 e. The molecule has 0 fully saturated rings. The molecular weight excluding hydrogens is 446 g/mol. The van der Waals surface area contributed by atoms with Crippen molar-refractivity contribution in [1.82, 2.24) is 0 Å². The Morgan fingerprint density at radius 3 is 2.32 bits per heavy atom. The number of primary amides is 1. The first-order chi connectivity index (χ1) is 15.8. The monoisotopic (exact) mass is 483 g/mol. The first kappa shape index (κ1) is 26.2. The molecule has 1 aliphatic carbocycles. The minimum Gasteiger partial charge on any atom is -0.464 e. The van der Waals surface area contributed by atoms with Gasteiger partial charge < -0.3 is 15.2 Å². The van der Waals surface area contributed by atoms with E-state index >= 15 is 0 Å². The Morgan fingerprint density at radius 1 is 1.18 bits per heavy atom. The van der Waals surface area contributed by atoms with Crippen molar-refractivity contribution in [3.05, 3.63) is 51.9 Å². The van der Waals surface area contributed by atoms with Gasteiger partial charge in [-0.3, -0.25) is 4.79 Å². The molecule has 5 nitrogen and oxygen atoms in total. The van der Waals surface area contributed by atoms with Gasteiger partial charge in [0.25, 0.3) is 0 Å². The topological polar surface area (TPSA) is 78.6 Å². The normalized spacial score (nSPS) is 16.6. The molecule has 3 rings (SSSR count). The van der Waals surface area contributed by atoms with Crippen LogP contribution in [-0.2, 0) is 14.3 Å². The minimum atomic E-state index is -0.819. The summed E-state index contributed by atoms with van der Waals surface area (Å²) in [6.07, 6.45) is 4.46. The third-order valence-electron chi connectivity index (χ3n) is 6.09. The largest absolute Gasteiger partial charge is 0.464 e. The molecule has 6 heteroatoms. The van der Waals surface area contributed by atoms with Crippen LogP contribution in [0.4, 0.5) is 0 Å². The van der Waals surface area contributed by atoms with Crippen LogP contribution in [0.1, 0.15) is 93.3 Å². The van der Waals surface area contributed by atoms with Gasteiger partial charge in [-0.05, 0) is 82.6 Å². The second-order valence-electron chi connectivity index (χ2n) is 10.7. The highest BCUT2D eigenvalue weighted by molar-refractivity contribution is 7.16. The molecule has 1 aromatic carbocycles. The van der Waals surface area contributed by atoms with E-state index in [-0.39, 0.29) is 11.4 Å². The molecule has 0 aliphatic heterocycles. The van der Waals surface area contributed by atoms with Crippen LogP contribution >= 0.6 is 11.3 Å². The van der Waals surface area contributed by atoms with Gasteiger partial charge in [0.05, 0.1) is 12.2 Å². The zero-order valence-corrected chi connectivity index (χ0v) is 22.2. The number of benzene rings is 1. The van der Waals surface area contributed by atoms with Crippen molar-refractivity contribution >= 4 is 28.8 Å². The average molecular weight is 484 g/mol. The van der Waals surface area contributed by atoms with Crippen molar-refractivity contribution in [3.63, 3.8) is 0 Å². The number of carbonyl (C=O) groups excluding carboxylic acids is 2. The van der Waals surface area contributed by atoms with Gasteiger partial charge in [0.2, 0.25) is 5.91 Å². The molecule has 1 aromatic heterocycles. The zero-order valence-electron chi connectivity index (χ0n) is 21.4. The van der Waals surface area contributed by atoms with Crippen LogP contribution in [0.5, 0.6) is 0 Å². The Hall–Kier alpha value is -2.44. The third-order valence-corrected chi connectivity index (χ3v) is 7.26. The second-order valence-corrected chi connectivity index (χ2v) is 11.9. The summed E-state index contributed by atoms with van der Waals surface area (Å²) in [5, 5.41) is 0. The summed E-state index contributed by atoms with van der Waals surface area (Å²) >= 11 is 1.65. The van der Waals surface area contributed by atoms with Crippen LogP contribution in [0.3, 0.4) is 0 Å². The van der Waals surface area contributed by atoms with E-state index in [9.17, 15) is 9.59 Å². The van der Waals surface area contributed by atoms with Crippen LogP contribution in [0.15, 0.2) is 30.3 Å². The smallest absolute Gasteiger partial charge is 0.340 e. The lowest BCUT2D eigenvalue weighted by Crippen LogP contribution is -2.29. The van der Waals surface area contributed by atoms with Crippen molar-refractivity contribution in [2.75, 3.05) is 6.61 Å². The summed E-state index contributed by atoms with van der Waals surface area (Å²) in [7, 11) is 0. The predicted molar refractivity (Wildman–Crippen MR) is 139 cm³/mol. The first-order valence-corrected chi connectivity index (χ1v) is 12.7. The van der Waals surface area contributed by atoms with E-state index in [1.54, 1.807) is 23.5 Å². The van der Waals surface area contributed by atoms with Gasteiger partial charge in [-0.25, -0.2) is 4.79 Å². The quantitative estimate of drug-likeness (QED) is 0.438. The molecule has 34 heavy (non-hydrogen) atoms. The molecular formula is C28H37NO4S. The molecule has 1 aliphatic rings. The maximum atomic E-state index is 13.2. The molecule has 184 valence electrons. The van der Waals surface area contributed by atoms with Crippen molar-refractivity contribution in [1.29, 1.82) is 0 Å². The molecule has 0 bridgehead atoms. The average Bonchev–Trinajstić information content (AvgIpc) is 3.08. The minimum absolute atomic E-state index is 0.250. The number of carbonyl (C=O) groups is 2. The summed E-state index contributed by atoms with van der Waals surface area (Å²) < 4.78 is 11.8. The van der Waals surface area contributed by atoms with E-state index in [0.717, 1.165) is 45.7 Å². The summed E-state index contributed by atoms with van der Waals surface area (Å²) in [5.41, 5.74) is 9.81. The van der Waals surface area contributed by atoms with Gasteiger partial charge in [0.15, 0.2) is 6.10 Å². The van der Waals surface area contributed by atoms with Crippen molar-refractivity contribution in [2.45, 2.75) is 79.4 Å². The van der Waals surface area contributed by atoms with Crippen LogP contribution in [0.25, 0.3) is 16.0 Å². The maximum absolute atomic E-state index is 13.2. The fourth-order valence-electron chi connectivity index (χ4n) is 4.28. The fourth-order valence-corrected chi connectivity index (χ4v) is 5.50. The summed E-state index contributed by atoms with van der Waals surface area (Å²) in [6, 6.07) is 7.36. The van der Waals surface area contributed by atoms with Gasteiger partial charge in [0, 0.05) is 26.4 Å². The number of thiophene rings is 1. The van der Waals surface area contributed by atoms with Crippen molar-refractivity contribution in [3.8, 4) is 10.4 Å². The lowest BCUT2D eigenvalue weighted by Gasteiger charge is -2.31. The fraction of sp³-hybridized carbons (Fsp3) is 0.500. The SMILES string of the molecule is CCOC(=O)C(OC(C)(C)C)c1c(C)sc(-c2ccc(C(N)=O)cc2)c1C1=CCC(C)(C)CC1. The van der Waals surface area contributed by atoms with Crippen LogP contribution in [0.2, 0.25) is 0 Å². The van der Waals surface area contributed by atoms with E-state index in [2.05, 4.69) is 19.9 Å². The summed E-state index contributed by atoms with van der Waals surface area (Å²) in [5.74, 6) is -0.820. The molecule has 2 N–H and O–H groups in total. The molecule has 0 saturated heterocycles. The molecule has 1 heterocycles. The van der Waals surface area contributed by atoms with Gasteiger partial charge in [0.1, 0.15) is 0 Å². The third kappa shape index (κ3) is 5.97. The highest BCUT2D eigenvalue weighted by Crippen LogP contribution is 2.49. The van der Waals surface area contributed by atoms with Gasteiger partial charge in [-0.15, -0.1) is 11.3 Å². The van der Waals surface area contributed by atoms with Crippen molar-refractivity contribution < 1.29 is 19.1 Å². The standard InChI is InChI=1S/C28H37NO4S/c1-8-32-26(31)23(33-27(3,4)5)21-17(2)34-24(19-9-11-20(12-10-19)25(29)30)22(21)18-13-15-28(6,7)16-14-18/h9-13,23H,8,14-16H2,1-7H3,(H2,29,30). The Labute approximate surface area is 207 Å². The molecule has 1 amide bonds. The lowest BCUT2D eigenvalue weighted by molar-refractivity contribution is -0.166. The Morgan fingerprint density at radius 2 is 1.82 bits per heavy atom. The van der Waals surface area contributed by atoms with Crippen LogP contribution < -0.4 is 5.73 Å². The number of aryl methyl sites for hydroxylation is 1. The van der Waals surface area contributed by atoms with Gasteiger partial charge in [-0.2, -0.15) is 0 Å². The molecule has 2 aromatic rings. The Kier molecular flexibility index (Phi) is 7.73. The lowest BCUT2D eigenvalue weighted by atomic mass is 9.76. The predicted octanol–water partition coefficient (Wildman–Crippen LogP) is 6.84. The Balaban J connectivity index is 2.23. The molecule has 0 radical (unpaired) electrons. The van der Waals surface area contributed by atoms with E-state index in [0.29, 0.717) is 12.2 Å². The van der Waals surface area contributed by atoms with Crippen LogP contribution in [-0.4, -0.2) is 24.1 Å². The number of amides is 1. The number of rotatable bonds is 7. The van der Waals surface area contributed by atoms with Gasteiger partial charge >= 0.3 is 5.97 Å². The van der Waals surface area contributed by atoms with E-state index in [1.165, 1.54) is 5.57 Å². The number of allylic oxidation sites excluding steroid dienone is 2.